The minimum atomic E-state index is -0.475. The third kappa shape index (κ3) is 3.59. The van der Waals surface area contributed by atoms with E-state index in [0.29, 0.717) is 28.3 Å². The van der Waals surface area contributed by atoms with Crippen molar-refractivity contribution in [2.75, 3.05) is 7.11 Å². The number of rotatable bonds is 5. The maximum atomic E-state index is 13.6. The Bertz CT molecular complexity index is 1400. The van der Waals surface area contributed by atoms with Crippen LogP contribution in [0.1, 0.15) is 44.3 Å². The number of phenolic OH excluding ortho intramolecular Hbond substituents is 1. The summed E-state index contributed by atoms with van der Waals surface area (Å²) in [6, 6.07) is 17.0. The highest BCUT2D eigenvalue weighted by Gasteiger charge is 2.42. The molecule has 172 valence electrons. The molecule has 1 aliphatic rings. The second-order valence-electron chi connectivity index (χ2n) is 8.58. The lowest BCUT2D eigenvalue weighted by Gasteiger charge is -2.27. The number of amides is 1. The number of methoxy groups -OCH3 is 1. The Morgan fingerprint density at radius 3 is 2.62 bits per heavy atom. The normalized spacial score (nSPS) is 15.0. The molecule has 0 spiro atoms. The number of H-pyrrole nitrogens is 1. The Morgan fingerprint density at radius 1 is 1.12 bits per heavy atom. The van der Waals surface area contributed by atoms with Crippen LogP contribution in [0.5, 0.6) is 11.5 Å². The van der Waals surface area contributed by atoms with E-state index in [1.54, 1.807) is 24.1 Å². The van der Waals surface area contributed by atoms with Crippen LogP contribution in [-0.4, -0.2) is 33.2 Å². The van der Waals surface area contributed by atoms with Crippen LogP contribution in [0.3, 0.4) is 0 Å². The molecule has 3 aromatic carbocycles. The molecule has 1 aliphatic heterocycles. The minimum absolute atomic E-state index is 0.133. The highest BCUT2D eigenvalue weighted by molar-refractivity contribution is 6.00. The number of phenols is 1. The number of carbonyl (C=O) groups is 1. The molecule has 2 N–H and O–H groups in total. The first-order valence-electron chi connectivity index (χ1n) is 11.0. The van der Waals surface area contributed by atoms with Gasteiger partial charge in [-0.3, -0.25) is 9.89 Å². The number of aromatic amines is 1. The van der Waals surface area contributed by atoms with Crippen molar-refractivity contribution in [3.63, 3.8) is 0 Å². The number of nitrogens with one attached hydrogen (secondary N) is 1. The molecule has 1 atom stereocenters. The largest absolute Gasteiger partial charge is 0.507 e. The molecule has 0 aliphatic carbocycles. The summed E-state index contributed by atoms with van der Waals surface area (Å²) in [5.74, 6) is 0.255. The summed E-state index contributed by atoms with van der Waals surface area (Å²) in [4.78, 5) is 15.3. The summed E-state index contributed by atoms with van der Waals surface area (Å²) >= 11 is 0. The van der Waals surface area contributed by atoms with Gasteiger partial charge < -0.3 is 14.7 Å². The predicted molar refractivity (Wildman–Crippen MR) is 126 cm³/mol. The third-order valence-electron chi connectivity index (χ3n) is 6.24. The molecule has 2 heterocycles. The highest BCUT2D eigenvalue weighted by Crippen LogP contribution is 2.46. The number of benzene rings is 3. The Hall–Kier alpha value is -4.13. The van der Waals surface area contributed by atoms with Crippen LogP contribution in [0.4, 0.5) is 4.39 Å². The van der Waals surface area contributed by atoms with Gasteiger partial charge in [-0.15, -0.1) is 0 Å². The van der Waals surface area contributed by atoms with Crippen LogP contribution in [0.2, 0.25) is 0 Å². The third-order valence-corrected chi connectivity index (χ3v) is 6.24. The van der Waals surface area contributed by atoms with E-state index < -0.39 is 6.04 Å². The first kappa shape index (κ1) is 21.7. The second kappa shape index (κ2) is 8.33. The van der Waals surface area contributed by atoms with Crippen molar-refractivity contribution < 1.29 is 19.0 Å². The molecule has 6 nitrogen and oxygen atoms in total. The van der Waals surface area contributed by atoms with E-state index in [-0.39, 0.29) is 24.0 Å². The van der Waals surface area contributed by atoms with E-state index in [1.165, 1.54) is 12.1 Å². The van der Waals surface area contributed by atoms with E-state index in [9.17, 15) is 14.3 Å². The molecule has 0 saturated heterocycles. The molecule has 7 heteroatoms. The van der Waals surface area contributed by atoms with Crippen LogP contribution in [0.25, 0.3) is 11.3 Å². The smallest absolute Gasteiger partial charge is 0.273 e. The van der Waals surface area contributed by atoms with Crippen LogP contribution in [-0.2, 0) is 6.54 Å². The molecule has 0 bridgehead atoms. The lowest BCUT2D eigenvalue weighted by Crippen LogP contribution is -2.29. The standard InChI is InChI=1S/C27H24FN3O3/c1-15-11-16(2)26(32)21(12-15)23-22-24(30-29-23)27(33)31(14-17-7-9-19(28)10-8-17)25(22)18-5-4-6-20(13-18)34-3/h4-13,25,32H,14H2,1-3H3,(H,29,30). The van der Waals surface area contributed by atoms with Gasteiger partial charge in [0, 0.05) is 17.7 Å². The van der Waals surface area contributed by atoms with Gasteiger partial charge in [0.2, 0.25) is 0 Å². The first-order chi connectivity index (χ1) is 16.4. The van der Waals surface area contributed by atoms with Gasteiger partial charge in [0.15, 0.2) is 0 Å². The zero-order chi connectivity index (χ0) is 24.0. The summed E-state index contributed by atoms with van der Waals surface area (Å²) in [7, 11) is 1.59. The quantitative estimate of drug-likeness (QED) is 0.427. The average Bonchev–Trinajstić information content (AvgIpc) is 3.37. The van der Waals surface area contributed by atoms with Gasteiger partial charge in [-0.1, -0.05) is 30.3 Å². The van der Waals surface area contributed by atoms with Crippen LogP contribution in [0, 0.1) is 19.7 Å². The Morgan fingerprint density at radius 2 is 1.88 bits per heavy atom. The number of hydrogen-bond donors (Lipinski definition) is 2. The van der Waals surface area contributed by atoms with E-state index in [2.05, 4.69) is 10.2 Å². The van der Waals surface area contributed by atoms with Gasteiger partial charge >= 0.3 is 0 Å². The number of aromatic nitrogens is 2. The van der Waals surface area contributed by atoms with Crippen molar-refractivity contribution in [2.24, 2.45) is 0 Å². The summed E-state index contributed by atoms with van der Waals surface area (Å²) in [6.07, 6.45) is 0. The van der Waals surface area contributed by atoms with E-state index in [1.807, 2.05) is 50.2 Å². The van der Waals surface area contributed by atoms with E-state index in [4.69, 9.17) is 4.74 Å². The van der Waals surface area contributed by atoms with Crippen LogP contribution >= 0.6 is 0 Å². The lowest BCUT2D eigenvalue weighted by atomic mass is 9.94. The van der Waals surface area contributed by atoms with Gasteiger partial charge in [0.25, 0.3) is 5.91 Å². The van der Waals surface area contributed by atoms with Gasteiger partial charge in [0.05, 0.1) is 13.2 Å². The Balaban J connectivity index is 1.69. The lowest BCUT2D eigenvalue weighted by molar-refractivity contribution is 0.0730. The topological polar surface area (TPSA) is 78.5 Å². The Labute approximate surface area is 196 Å². The number of halogens is 1. The molecule has 1 amide bonds. The molecular weight excluding hydrogens is 433 g/mol. The maximum absolute atomic E-state index is 13.6. The number of hydrogen-bond acceptors (Lipinski definition) is 4. The molecule has 1 unspecified atom stereocenters. The monoisotopic (exact) mass is 457 g/mol. The molecule has 0 fully saturated rings. The van der Waals surface area contributed by atoms with Crippen LogP contribution < -0.4 is 4.74 Å². The zero-order valence-corrected chi connectivity index (χ0v) is 19.1. The Kier molecular flexibility index (Phi) is 5.32. The first-order valence-corrected chi connectivity index (χ1v) is 11.0. The number of nitrogens with zero attached hydrogens (tertiary/aromatic N) is 2. The van der Waals surface area contributed by atoms with Crippen LogP contribution in [0.15, 0.2) is 60.7 Å². The number of fused-ring (bicyclic) bond motifs is 1. The fourth-order valence-corrected chi connectivity index (χ4v) is 4.65. The van der Waals surface area contributed by atoms with Crippen molar-refractivity contribution in [1.82, 2.24) is 15.1 Å². The molecule has 1 aromatic heterocycles. The van der Waals surface area contributed by atoms with Gasteiger partial charge in [-0.05, 0) is 66.4 Å². The molecular formula is C27H24FN3O3. The van der Waals surface area contributed by atoms with Gasteiger partial charge in [-0.25, -0.2) is 4.39 Å². The number of carbonyl (C=O) groups excluding carboxylic acids is 1. The van der Waals surface area contributed by atoms with E-state index >= 15 is 0 Å². The summed E-state index contributed by atoms with van der Waals surface area (Å²) in [5, 5.41) is 18.2. The predicted octanol–water partition coefficient (Wildman–Crippen LogP) is 5.29. The molecule has 34 heavy (non-hydrogen) atoms. The van der Waals surface area contributed by atoms with Crippen molar-refractivity contribution in [3.05, 3.63) is 100.0 Å². The van der Waals surface area contributed by atoms with Gasteiger partial charge in [-0.2, -0.15) is 5.10 Å². The average molecular weight is 458 g/mol. The van der Waals surface area contributed by atoms with E-state index in [0.717, 1.165) is 22.3 Å². The SMILES string of the molecule is COc1cccc(C2c3c(-c4cc(C)cc(C)c4O)n[nH]c3C(=O)N2Cc2ccc(F)cc2)c1. The van der Waals surface area contributed by atoms with Crippen molar-refractivity contribution in [1.29, 1.82) is 0 Å². The number of ether oxygens (including phenoxy) is 1. The summed E-state index contributed by atoms with van der Waals surface area (Å²) < 4.78 is 18.9. The molecule has 0 saturated carbocycles. The number of aryl methyl sites for hydroxylation is 2. The van der Waals surface area contributed by atoms with Gasteiger partial charge in [0.1, 0.15) is 28.7 Å². The zero-order valence-electron chi connectivity index (χ0n) is 19.1. The highest BCUT2D eigenvalue weighted by atomic mass is 19.1. The molecule has 5 rings (SSSR count). The number of aromatic hydroxyl groups is 1. The molecule has 0 radical (unpaired) electrons. The molecule has 4 aromatic rings. The van der Waals surface area contributed by atoms with Crippen molar-refractivity contribution in [2.45, 2.75) is 26.4 Å². The maximum Gasteiger partial charge on any atom is 0.273 e. The minimum Gasteiger partial charge on any atom is -0.507 e. The second-order valence-corrected chi connectivity index (χ2v) is 8.58. The summed E-state index contributed by atoms with van der Waals surface area (Å²) in [6.45, 7) is 4.07. The fourth-order valence-electron chi connectivity index (χ4n) is 4.65. The fraction of sp³-hybridized carbons (Fsp3) is 0.185. The summed E-state index contributed by atoms with van der Waals surface area (Å²) in [5.41, 5.74) is 5.53. The van der Waals surface area contributed by atoms with Crippen molar-refractivity contribution >= 4 is 5.91 Å². The van der Waals surface area contributed by atoms with Crippen molar-refractivity contribution in [3.8, 4) is 22.8 Å².